The molecule has 1 aromatic carbocycles. The predicted octanol–water partition coefficient (Wildman–Crippen LogP) is 0.433. The van der Waals surface area contributed by atoms with Crippen molar-refractivity contribution in [3.63, 3.8) is 0 Å². The van der Waals surface area contributed by atoms with E-state index >= 15 is 0 Å². The van der Waals surface area contributed by atoms with E-state index in [0.717, 1.165) is 0 Å². The molecule has 7 nitrogen and oxygen atoms in total. The number of rotatable bonds is 3. The van der Waals surface area contributed by atoms with E-state index in [2.05, 4.69) is 0 Å². The van der Waals surface area contributed by atoms with Gasteiger partial charge in [0.2, 0.25) is 11.8 Å². The second kappa shape index (κ2) is 4.44. The van der Waals surface area contributed by atoms with Gasteiger partial charge < -0.3 is 10.6 Å². The van der Waals surface area contributed by atoms with E-state index in [4.69, 9.17) is 5.73 Å². The summed E-state index contributed by atoms with van der Waals surface area (Å²) in [5.74, 6) is -1.31. The fraction of sp³-hybridized carbons (Fsp3) is 0.273. The van der Waals surface area contributed by atoms with Gasteiger partial charge in [-0.15, -0.1) is 0 Å². The molecule has 0 radical (unpaired) electrons. The standard InChI is InChI=1S/C11H11N3O4/c12-11(16)7-4-10(15)13(6-7)8-2-1-3-9(5-8)14(17)18/h1-3,5,7H,4,6H2,(H2,12,16)/t7-/m1/s1. The highest BCUT2D eigenvalue weighted by molar-refractivity contribution is 6.00. The maximum atomic E-state index is 11.7. The van der Waals surface area contributed by atoms with Gasteiger partial charge in [-0.2, -0.15) is 0 Å². The molecule has 18 heavy (non-hydrogen) atoms. The third-order valence-corrected chi connectivity index (χ3v) is 2.88. The number of hydrogen-bond donors (Lipinski definition) is 1. The Morgan fingerprint density at radius 2 is 2.22 bits per heavy atom. The van der Waals surface area contributed by atoms with E-state index < -0.39 is 16.7 Å². The third kappa shape index (κ3) is 2.15. The number of nitrogens with two attached hydrogens (primary N) is 1. The molecular weight excluding hydrogens is 238 g/mol. The minimum Gasteiger partial charge on any atom is -0.369 e. The van der Waals surface area contributed by atoms with Crippen LogP contribution in [0.4, 0.5) is 11.4 Å². The first-order valence-corrected chi connectivity index (χ1v) is 5.33. The van der Waals surface area contributed by atoms with Crippen LogP contribution < -0.4 is 10.6 Å². The first-order valence-electron chi connectivity index (χ1n) is 5.33. The van der Waals surface area contributed by atoms with Crippen LogP contribution in [0.15, 0.2) is 24.3 Å². The zero-order chi connectivity index (χ0) is 13.3. The summed E-state index contributed by atoms with van der Waals surface area (Å²) < 4.78 is 0. The molecule has 2 rings (SSSR count). The Balaban J connectivity index is 2.27. The topological polar surface area (TPSA) is 107 Å². The number of nitrogens with zero attached hydrogens (tertiary/aromatic N) is 2. The van der Waals surface area contributed by atoms with Crippen molar-refractivity contribution in [2.24, 2.45) is 11.7 Å². The van der Waals surface area contributed by atoms with E-state index in [1.807, 2.05) is 0 Å². The highest BCUT2D eigenvalue weighted by atomic mass is 16.6. The van der Waals surface area contributed by atoms with Crippen molar-refractivity contribution < 1.29 is 14.5 Å². The first-order chi connectivity index (χ1) is 8.49. The van der Waals surface area contributed by atoms with Crippen molar-refractivity contribution in [1.82, 2.24) is 0 Å². The number of nitro benzene ring substituents is 1. The maximum absolute atomic E-state index is 11.7. The highest BCUT2D eigenvalue weighted by Crippen LogP contribution is 2.27. The molecule has 1 aliphatic heterocycles. The summed E-state index contributed by atoms with van der Waals surface area (Å²) in [4.78, 5) is 34.2. The lowest BCUT2D eigenvalue weighted by Crippen LogP contribution is -2.28. The highest BCUT2D eigenvalue weighted by Gasteiger charge is 2.34. The molecule has 0 unspecified atom stereocenters. The fourth-order valence-corrected chi connectivity index (χ4v) is 1.92. The number of carbonyl (C=O) groups is 2. The smallest absolute Gasteiger partial charge is 0.271 e. The van der Waals surface area contributed by atoms with Gasteiger partial charge in [-0.1, -0.05) is 6.07 Å². The fourth-order valence-electron chi connectivity index (χ4n) is 1.92. The number of amides is 2. The summed E-state index contributed by atoms with van der Waals surface area (Å²) in [5.41, 5.74) is 5.47. The molecular formula is C11H11N3O4. The zero-order valence-electron chi connectivity index (χ0n) is 9.41. The molecule has 1 aliphatic rings. The lowest BCUT2D eigenvalue weighted by molar-refractivity contribution is -0.384. The van der Waals surface area contributed by atoms with Gasteiger partial charge >= 0.3 is 0 Å². The normalized spacial score (nSPS) is 19.0. The molecule has 0 aromatic heterocycles. The minimum atomic E-state index is -0.532. The summed E-state index contributed by atoms with van der Waals surface area (Å²) in [6.07, 6.45) is 0.0536. The Morgan fingerprint density at radius 1 is 1.50 bits per heavy atom. The number of primary amides is 1. The first kappa shape index (κ1) is 12.0. The number of benzene rings is 1. The molecule has 0 aliphatic carbocycles. The molecule has 1 atom stereocenters. The van der Waals surface area contributed by atoms with Gasteiger partial charge in [0.25, 0.3) is 5.69 Å². The van der Waals surface area contributed by atoms with Gasteiger partial charge in [0.1, 0.15) is 0 Å². The van der Waals surface area contributed by atoms with Gasteiger partial charge in [0, 0.05) is 25.1 Å². The van der Waals surface area contributed by atoms with Gasteiger partial charge in [-0.05, 0) is 6.07 Å². The van der Waals surface area contributed by atoms with Gasteiger partial charge in [-0.3, -0.25) is 19.7 Å². The molecule has 1 fully saturated rings. The number of non-ortho nitro benzene ring substituents is 1. The molecule has 2 N–H and O–H groups in total. The SMILES string of the molecule is NC(=O)[C@@H]1CC(=O)N(c2cccc([N+](=O)[O-])c2)C1. The van der Waals surface area contributed by atoms with Gasteiger partial charge in [-0.25, -0.2) is 0 Å². The third-order valence-electron chi connectivity index (χ3n) is 2.88. The molecule has 94 valence electrons. The Bertz CT molecular complexity index is 529. The molecule has 1 heterocycles. The van der Waals surface area contributed by atoms with Crippen LogP contribution in [0.2, 0.25) is 0 Å². The molecule has 1 aromatic rings. The van der Waals surface area contributed by atoms with E-state index in [1.165, 1.54) is 23.1 Å². The molecule has 7 heteroatoms. The number of anilines is 1. The molecule has 0 bridgehead atoms. The van der Waals surface area contributed by atoms with Crippen molar-refractivity contribution in [2.75, 3.05) is 11.4 Å². The lowest BCUT2D eigenvalue weighted by atomic mass is 10.1. The van der Waals surface area contributed by atoms with Gasteiger partial charge in [0.15, 0.2) is 0 Å². The summed E-state index contributed by atoms with van der Waals surface area (Å²) in [7, 11) is 0. The second-order valence-electron chi connectivity index (χ2n) is 4.08. The lowest BCUT2D eigenvalue weighted by Gasteiger charge is -2.15. The van der Waals surface area contributed by atoms with Crippen molar-refractivity contribution >= 4 is 23.2 Å². The molecule has 1 saturated heterocycles. The summed E-state index contributed by atoms with van der Waals surface area (Å²) in [5, 5.41) is 10.7. The van der Waals surface area contributed by atoms with Crippen LogP contribution in [0.3, 0.4) is 0 Å². The van der Waals surface area contributed by atoms with Crippen LogP contribution in [0.25, 0.3) is 0 Å². The van der Waals surface area contributed by atoms with Crippen molar-refractivity contribution in [1.29, 1.82) is 0 Å². The predicted molar refractivity (Wildman–Crippen MR) is 62.8 cm³/mol. The van der Waals surface area contributed by atoms with Crippen molar-refractivity contribution in [2.45, 2.75) is 6.42 Å². The van der Waals surface area contributed by atoms with Crippen molar-refractivity contribution in [3.05, 3.63) is 34.4 Å². The Morgan fingerprint density at radius 3 is 2.78 bits per heavy atom. The summed E-state index contributed by atoms with van der Waals surface area (Å²) in [6.45, 7) is 0.176. The molecule has 0 spiro atoms. The monoisotopic (exact) mass is 249 g/mol. The van der Waals surface area contributed by atoms with Crippen LogP contribution in [0, 0.1) is 16.0 Å². The van der Waals surface area contributed by atoms with Crippen LogP contribution in [-0.4, -0.2) is 23.3 Å². The average molecular weight is 249 g/mol. The van der Waals surface area contributed by atoms with Crippen molar-refractivity contribution in [3.8, 4) is 0 Å². The molecule has 0 saturated carbocycles. The summed E-state index contributed by atoms with van der Waals surface area (Å²) >= 11 is 0. The Kier molecular flexibility index (Phi) is 2.97. The quantitative estimate of drug-likeness (QED) is 0.619. The minimum absolute atomic E-state index is 0.0536. The Labute approximate surface area is 102 Å². The number of nitro groups is 1. The van der Waals surface area contributed by atoms with E-state index in [-0.39, 0.29) is 24.6 Å². The average Bonchev–Trinajstić information content (AvgIpc) is 2.72. The van der Waals surface area contributed by atoms with E-state index in [9.17, 15) is 19.7 Å². The number of hydrogen-bond acceptors (Lipinski definition) is 4. The Hall–Kier alpha value is -2.44. The van der Waals surface area contributed by atoms with Crippen LogP contribution in [0.1, 0.15) is 6.42 Å². The zero-order valence-corrected chi connectivity index (χ0v) is 9.41. The number of carbonyl (C=O) groups excluding carboxylic acids is 2. The van der Waals surface area contributed by atoms with Crippen LogP contribution in [-0.2, 0) is 9.59 Å². The molecule has 2 amide bonds. The van der Waals surface area contributed by atoms with E-state index in [0.29, 0.717) is 5.69 Å². The second-order valence-corrected chi connectivity index (χ2v) is 4.08. The van der Waals surface area contributed by atoms with Gasteiger partial charge in [0.05, 0.1) is 16.5 Å². The van der Waals surface area contributed by atoms with E-state index in [1.54, 1.807) is 6.07 Å². The maximum Gasteiger partial charge on any atom is 0.271 e. The largest absolute Gasteiger partial charge is 0.369 e. The summed E-state index contributed by atoms with van der Waals surface area (Å²) in [6, 6.07) is 5.74. The van der Waals surface area contributed by atoms with Crippen LogP contribution in [0.5, 0.6) is 0 Å². The van der Waals surface area contributed by atoms with Crippen LogP contribution >= 0.6 is 0 Å².